The predicted molar refractivity (Wildman–Crippen MR) is 95.5 cm³/mol. The minimum atomic E-state index is -0.662. The molecule has 1 aromatic carbocycles. The molecule has 1 N–H and O–H groups in total. The van der Waals surface area contributed by atoms with Crippen LogP contribution in [0.1, 0.15) is 49.8 Å². The maximum atomic E-state index is 12.6. The van der Waals surface area contributed by atoms with Gasteiger partial charge in [0.05, 0.1) is 24.9 Å². The number of rotatable bonds is 1. The van der Waals surface area contributed by atoms with Crippen LogP contribution in [-0.4, -0.2) is 24.3 Å². The first-order valence-electron chi connectivity index (χ1n) is 9.09. The van der Waals surface area contributed by atoms with Gasteiger partial charge in [-0.05, 0) is 67.3 Å². The molecule has 2 aromatic rings. The van der Waals surface area contributed by atoms with E-state index in [0.29, 0.717) is 6.42 Å². The van der Waals surface area contributed by atoms with Gasteiger partial charge in [-0.1, -0.05) is 13.3 Å². The number of hydrogen-bond donors (Lipinski definition) is 1. The minimum absolute atomic E-state index is 0.152. The average Bonchev–Trinajstić information content (AvgIpc) is 3.04. The summed E-state index contributed by atoms with van der Waals surface area (Å²) in [6.07, 6.45) is 4.41. The fourth-order valence-electron chi connectivity index (χ4n) is 5.88. The van der Waals surface area contributed by atoms with Gasteiger partial charge in [0.2, 0.25) is 0 Å². The topological polar surface area (TPSA) is 59.7 Å². The highest BCUT2D eigenvalue weighted by Gasteiger charge is 2.59. The van der Waals surface area contributed by atoms with Crippen LogP contribution in [0.2, 0.25) is 0 Å². The molecule has 0 saturated heterocycles. The highest BCUT2D eigenvalue weighted by Crippen LogP contribution is 2.58. The van der Waals surface area contributed by atoms with Crippen molar-refractivity contribution in [2.75, 3.05) is 7.11 Å². The van der Waals surface area contributed by atoms with Gasteiger partial charge in [0.1, 0.15) is 5.58 Å². The highest BCUT2D eigenvalue weighted by molar-refractivity contribution is 5.84. The zero-order chi connectivity index (χ0) is 18.0. The molecule has 4 nitrogen and oxygen atoms in total. The van der Waals surface area contributed by atoms with E-state index in [1.54, 1.807) is 6.26 Å². The van der Waals surface area contributed by atoms with Gasteiger partial charge in [0, 0.05) is 11.3 Å². The van der Waals surface area contributed by atoms with Gasteiger partial charge in [-0.3, -0.25) is 4.79 Å². The Labute approximate surface area is 148 Å². The number of fused-ring (bicyclic) bond motifs is 4. The first kappa shape index (κ1) is 16.6. The van der Waals surface area contributed by atoms with E-state index in [2.05, 4.69) is 19.9 Å². The van der Waals surface area contributed by atoms with Gasteiger partial charge in [-0.25, -0.2) is 0 Å². The van der Waals surface area contributed by atoms with Crippen LogP contribution in [0.4, 0.5) is 0 Å². The molecule has 4 rings (SSSR count). The maximum absolute atomic E-state index is 12.6. The van der Waals surface area contributed by atoms with Gasteiger partial charge < -0.3 is 14.3 Å². The number of hydrogen-bond acceptors (Lipinski definition) is 4. The molecule has 0 aliphatic heterocycles. The first-order valence-corrected chi connectivity index (χ1v) is 9.09. The van der Waals surface area contributed by atoms with E-state index in [0.717, 1.165) is 30.2 Å². The van der Waals surface area contributed by atoms with Crippen LogP contribution < -0.4 is 0 Å². The van der Waals surface area contributed by atoms with Crippen molar-refractivity contribution < 1.29 is 19.1 Å². The molecule has 0 radical (unpaired) electrons. The summed E-state index contributed by atoms with van der Waals surface area (Å²) in [5.74, 6) is -0.359. The quantitative estimate of drug-likeness (QED) is 0.799. The Morgan fingerprint density at radius 1 is 1.36 bits per heavy atom. The molecule has 1 saturated carbocycles. The van der Waals surface area contributed by atoms with Crippen LogP contribution in [-0.2, 0) is 21.4 Å². The molecule has 0 spiro atoms. The number of ether oxygens (including phenoxy) is 1. The fourth-order valence-corrected chi connectivity index (χ4v) is 5.88. The summed E-state index contributed by atoms with van der Waals surface area (Å²) >= 11 is 0. The molecule has 4 atom stereocenters. The fraction of sp³-hybridized carbons (Fsp3) is 0.571. The summed E-state index contributed by atoms with van der Waals surface area (Å²) in [5, 5.41) is 12.2. The smallest absolute Gasteiger partial charge is 0.311 e. The Balaban J connectivity index is 1.96. The Morgan fingerprint density at radius 2 is 2.12 bits per heavy atom. The van der Waals surface area contributed by atoms with Crippen LogP contribution in [0.5, 0.6) is 0 Å². The van der Waals surface area contributed by atoms with Crippen molar-refractivity contribution in [1.82, 2.24) is 0 Å². The van der Waals surface area contributed by atoms with Crippen LogP contribution in [0, 0.1) is 18.3 Å². The Kier molecular flexibility index (Phi) is 3.56. The van der Waals surface area contributed by atoms with E-state index in [9.17, 15) is 9.90 Å². The van der Waals surface area contributed by atoms with E-state index in [1.165, 1.54) is 23.8 Å². The lowest BCUT2D eigenvalue weighted by Crippen LogP contribution is -2.58. The number of methoxy groups -OCH3 is 1. The maximum Gasteiger partial charge on any atom is 0.311 e. The molecule has 134 valence electrons. The van der Waals surface area contributed by atoms with Crippen LogP contribution >= 0.6 is 0 Å². The molecule has 0 amide bonds. The molecule has 0 bridgehead atoms. The van der Waals surface area contributed by atoms with Gasteiger partial charge in [-0.15, -0.1) is 0 Å². The van der Waals surface area contributed by atoms with Crippen molar-refractivity contribution in [2.24, 2.45) is 11.3 Å². The number of furan rings is 1. The predicted octanol–water partition coefficient (Wildman–Crippen LogP) is 3.90. The number of carbonyl (C=O) groups is 1. The lowest BCUT2D eigenvalue weighted by molar-refractivity contribution is -0.167. The summed E-state index contributed by atoms with van der Waals surface area (Å²) in [7, 11) is 1.44. The molecular formula is C21H26O4. The third kappa shape index (κ3) is 2.06. The molecule has 2 aliphatic rings. The monoisotopic (exact) mass is 342 g/mol. The molecule has 0 unspecified atom stereocenters. The SMILES string of the molecule is COC(=O)[C@]1(C)CCC[C@]2(C)c3cc4occc4c(C)c3C[C@@H](O)[C@@H]12. The summed E-state index contributed by atoms with van der Waals surface area (Å²) in [6, 6.07) is 4.13. The number of aliphatic hydroxyl groups excluding tert-OH is 1. The summed E-state index contributed by atoms with van der Waals surface area (Å²) < 4.78 is 10.8. The second-order valence-corrected chi connectivity index (χ2v) is 8.29. The number of carbonyl (C=O) groups excluding carboxylic acids is 1. The third-order valence-electron chi connectivity index (χ3n) is 6.98. The number of aliphatic hydroxyl groups is 1. The molecule has 1 fully saturated rings. The lowest BCUT2D eigenvalue weighted by Gasteiger charge is -2.55. The van der Waals surface area contributed by atoms with Crippen LogP contribution in [0.25, 0.3) is 11.0 Å². The van der Waals surface area contributed by atoms with Gasteiger partial charge in [0.25, 0.3) is 0 Å². The van der Waals surface area contributed by atoms with E-state index >= 15 is 0 Å². The summed E-state index contributed by atoms with van der Waals surface area (Å²) in [4.78, 5) is 12.6. The second kappa shape index (κ2) is 5.34. The van der Waals surface area contributed by atoms with Crippen molar-refractivity contribution in [3.8, 4) is 0 Å². The lowest BCUT2D eigenvalue weighted by atomic mass is 9.48. The normalized spacial score (nSPS) is 34.4. The highest BCUT2D eigenvalue weighted by atomic mass is 16.5. The van der Waals surface area contributed by atoms with E-state index in [4.69, 9.17) is 9.15 Å². The van der Waals surface area contributed by atoms with E-state index in [-0.39, 0.29) is 17.3 Å². The van der Waals surface area contributed by atoms with Gasteiger partial charge >= 0.3 is 5.97 Å². The van der Waals surface area contributed by atoms with Crippen LogP contribution in [0.3, 0.4) is 0 Å². The third-order valence-corrected chi connectivity index (χ3v) is 6.98. The van der Waals surface area contributed by atoms with E-state index < -0.39 is 11.5 Å². The number of aryl methyl sites for hydroxylation is 1. The number of benzene rings is 1. The molecular weight excluding hydrogens is 316 g/mol. The van der Waals surface area contributed by atoms with Crippen LogP contribution in [0.15, 0.2) is 22.8 Å². The van der Waals surface area contributed by atoms with Gasteiger partial charge in [0.15, 0.2) is 0 Å². The van der Waals surface area contributed by atoms with Crippen molar-refractivity contribution in [3.63, 3.8) is 0 Å². The largest absolute Gasteiger partial charge is 0.469 e. The molecule has 1 aromatic heterocycles. The zero-order valence-electron chi connectivity index (χ0n) is 15.4. The van der Waals surface area contributed by atoms with Crippen molar-refractivity contribution in [1.29, 1.82) is 0 Å². The number of esters is 1. The molecule has 2 aliphatic carbocycles. The summed E-state index contributed by atoms with van der Waals surface area (Å²) in [6.45, 7) is 6.27. The molecule has 25 heavy (non-hydrogen) atoms. The van der Waals surface area contributed by atoms with Crippen molar-refractivity contribution in [3.05, 3.63) is 35.1 Å². The van der Waals surface area contributed by atoms with Gasteiger partial charge in [-0.2, -0.15) is 0 Å². The Bertz CT molecular complexity index is 851. The molecule has 1 heterocycles. The van der Waals surface area contributed by atoms with E-state index in [1.807, 2.05) is 13.0 Å². The molecule has 4 heteroatoms. The zero-order valence-corrected chi connectivity index (χ0v) is 15.4. The Morgan fingerprint density at radius 3 is 2.84 bits per heavy atom. The Hall–Kier alpha value is -1.81. The minimum Gasteiger partial charge on any atom is -0.469 e. The summed E-state index contributed by atoms with van der Waals surface area (Å²) in [5.41, 5.74) is 3.60. The average molecular weight is 342 g/mol. The van der Waals surface area contributed by atoms with Crippen molar-refractivity contribution in [2.45, 2.75) is 58.0 Å². The van der Waals surface area contributed by atoms with Crippen molar-refractivity contribution >= 4 is 16.9 Å². The standard InChI is InChI=1S/C21H26O4/c1-12-13-6-9-25-17(13)11-15-14(12)10-16(22)18-20(15,2)7-5-8-21(18,3)19(23)24-4/h6,9,11,16,18,22H,5,7-8,10H2,1-4H3/t16-,18-,20-,21-/m1/s1. The second-order valence-electron chi connectivity index (χ2n) is 8.29. The first-order chi connectivity index (χ1) is 11.8.